The van der Waals surface area contributed by atoms with Crippen LogP contribution in [0.4, 0.5) is 5.82 Å². The van der Waals surface area contributed by atoms with Crippen LogP contribution in [0.15, 0.2) is 18.3 Å². The van der Waals surface area contributed by atoms with Crippen LogP contribution < -0.4 is 10.6 Å². The van der Waals surface area contributed by atoms with Crippen LogP contribution in [-0.2, 0) is 4.79 Å². The maximum absolute atomic E-state index is 12.2. The molecule has 5 nitrogen and oxygen atoms in total. The molecule has 20 heavy (non-hydrogen) atoms. The lowest BCUT2D eigenvalue weighted by Gasteiger charge is -2.29. The molecule has 1 saturated carbocycles. The lowest BCUT2D eigenvalue weighted by molar-refractivity contribution is -0.114. The van der Waals surface area contributed by atoms with Gasteiger partial charge in [0.25, 0.3) is 5.91 Å². The fourth-order valence-corrected chi connectivity index (χ4v) is 2.60. The first kappa shape index (κ1) is 14.5. The van der Waals surface area contributed by atoms with E-state index in [1.807, 2.05) is 0 Å². The predicted octanol–water partition coefficient (Wildman–Crippen LogP) is 2.35. The van der Waals surface area contributed by atoms with Crippen LogP contribution in [0.3, 0.4) is 0 Å². The van der Waals surface area contributed by atoms with Crippen molar-refractivity contribution in [2.45, 2.75) is 45.6 Å². The number of anilines is 1. The molecule has 2 rings (SSSR count). The van der Waals surface area contributed by atoms with E-state index in [1.165, 1.54) is 32.4 Å². The fourth-order valence-electron chi connectivity index (χ4n) is 2.60. The van der Waals surface area contributed by atoms with Gasteiger partial charge in [0.05, 0.1) is 0 Å². The van der Waals surface area contributed by atoms with Gasteiger partial charge in [0.1, 0.15) is 5.82 Å². The Kier molecular flexibility index (Phi) is 4.71. The second-order valence-electron chi connectivity index (χ2n) is 5.45. The van der Waals surface area contributed by atoms with Crippen molar-refractivity contribution in [1.82, 2.24) is 10.3 Å². The summed E-state index contributed by atoms with van der Waals surface area (Å²) in [6.45, 7) is 3.59. The number of carbonyl (C=O) groups is 2. The van der Waals surface area contributed by atoms with Gasteiger partial charge < -0.3 is 10.6 Å². The third kappa shape index (κ3) is 3.79. The number of hydrogen-bond acceptors (Lipinski definition) is 3. The zero-order valence-electron chi connectivity index (χ0n) is 12.0. The van der Waals surface area contributed by atoms with E-state index in [2.05, 4.69) is 22.5 Å². The highest BCUT2D eigenvalue weighted by Crippen LogP contribution is 2.24. The molecular weight excluding hydrogens is 254 g/mol. The molecule has 2 N–H and O–H groups in total. The highest BCUT2D eigenvalue weighted by molar-refractivity contribution is 5.96. The molecule has 108 valence electrons. The predicted molar refractivity (Wildman–Crippen MR) is 77.4 cm³/mol. The van der Waals surface area contributed by atoms with Crippen molar-refractivity contribution in [2.75, 3.05) is 5.32 Å². The summed E-state index contributed by atoms with van der Waals surface area (Å²) in [5, 5.41) is 5.67. The Morgan fingerprint density at radius 1 is 1.30 bits per heavy atom. The smallest absolute Gasteiger partial charge is 0.251 e. The second-order valence-corrected chi connectivity index (χ2v) is 5.45. The van der Waals surface area contributed by atoms with Crippen molar-refractivity contribution >= 4 is 17.6 Å². The van der Waals surface area contributed by atoms with Crippen LogP contribution in [-0.4, -0.2) is 22.8 Å². The average molecular weight is 275 g/mol. The standard InChI is InChI=1S/C15H21N3O2/c1-10-5-3-4-6-13(10)18-15(20)12-7-8-16-14(9-12)17-11(2)19/h7-10,13H,3-6H2,1-2H3,(H,18,20)(H,16,17,19). The number of hydrogen-bond donors (Lipinski definition) is 2. The van der Waals surface area contributed by atoms with Crippen molar-refractivity contribution in [2.24, 2.45) is 5.92 Å². The molecule has 1 aliphatic rings. The second kappa shape index (κ2) is 6.50. The summed E-state index contributed by atoms with van der Waals surface area (Å²) in [4.78, 5) is 27.3. The molecule has 2 amide bonds. The van der Waals surface area contributed by atoms with E-state index in [0.717, 1.165) is 6.42 Å². The van der Waals surface area contributed by atoms with Crippen LogP contribution in [0.25, 0.3) is 0 Å². The number of nitrogens with zero attached hydrogens (tertiary/aromatic N) is 1. The van der Waals surface area contributed by atoms with Gasteiger partial charge in [0.15, 0.2) is 0 Å². The molecule has 2 atom stereocenters. The maximum atomic E-state index is 12.2. The fraction of sp³-hybridized carbons (Fsp3) is 0.533. The topological polar surface area (TPSA) is 71.1 Å². The first-order valence-electron chi connectivity index (χ1n) is 7.11. The first-order chi connectivity index (χ1) is 9.56. The summed E-state index contributed by atoms with van der Waals surface area (Å²) < 4.78 is 0. The van der Waals surface area contributed by atoms with E-state index in [0.29, 0.717) is 17.3 Å². The van der Waals surface area contributed by atoms with Gasteiger partial charge in [-0.15, -0.1) is 0 Å². The van der Waals surface area contributed by atoms with E-state index in [4.69, 9.17) is 0 Å². The summed E-state index contributed by atoms with van der Waals surface area (Å²) in [5.41, 5.74) is 0.529. The van der Waals surface area contributed by atoms with Crippen molar-refractivity contribution in [1.29, 1.82) is 0 Å². The zero-order valence-corrected chi connectivity index (χ0v) is 12.0. The molecule has 0 aromatic carbocycles. The van der Waals surface area contributed by atoms with E-state index in [-0.39, 0.29) is 17.9 Å². The minimum atomic E-state index is -0.198. The van der Waals surface area contributed by atoms with Gasteiger partial charge in [0, 0.05) is 24.7 Å². The largest absolute Gasteiger partial charge is 0.349 e. The van der Waals surface area contributed by atoms with Crippen molar-refractivity contribution in [3.63, 3.8) is 0 Å². The molecule has 0 radical (unpaired) electrons. The molecule has 0 saturated heterocycles. The Balaban J connectivity index is 2.03. The Labute approximate surface area is 119 Å². The van der Waals surface area contributed by atoms with Gasteiger partial charge >= 0.3 is 0 Å². The van der Waals surface area contributed by atoms with E-state index in [9.17, 15) is 9.59 Å². The SMILES string of the molecule is CC(=O)Nc1cc(C(=O)NC2CCCCC2C)ccn1. The molecule has 1 aromatic heterocycles. The van der Waals surface area contributed by atoms with Crippen molar-refractivity contribution in [3.05, 3.63) is 23.9 Å². The monoisotopic (exact) mass is 275 g/mol. The Morgan fingerprint density at radius 2 is 2.05 bits per heavy atom. The number of aromatic nitrogens is 1. The van der Waals surface area contributed by atoms with Crippen LogP contribution in [0.1, 0.15) is 49.9 Å². The number of rotatable bonds is 3. The highest BCUT2D eigenvalue weighted by Gasteiger charge is 2.23. The van der Waals surface area contributed by atoms with Crippen LogP contribution >= 0.6 is 0 Å². The minimum Gasteiger partial charge on any atom is -0.349 e. The van der Waals surface area contributed by atoms with Crippen LogP contribution in [0.5, 0.6) is 0 Å². The third-order valence-corrected chi connectivity index (χ3v) is 3.75. The summed E-state index contributed by atoms with van der Waals surface area (Å²) >= 11 is 0. The van der Waals surface area contributed by atoms with E-state index < -0.39 is 0 Å². The van der Waals surface area contributed by atoms with Crippen LogP contribution in [0, 0.1) is 5.92 Å². The van der Waals surface area contributed by atoms with Crippen LogP contribution in [0.2, 0.25) is 0 Å². The molecule has 5 heteroatoms. The van der Waals surface area contributed by atoms with Crippen molar-refractivity contribution < 1.29 is 9.59 Å². The molecule has 1 fully saturated rings. The first-order valence-corrected chi connectivity index (χ1v) is 7.11. The van der Waals surface area contributed by atoms with Gasteiger partial charge in [-0.25, -0.2) is 4.98 Å². The summed E-state index contributed by atoms with van der Waals surface area (Å²) in [7, 11) is 0. The Morgan fingerprint density at radius 3 is 2.75 bits per heavy atom. The average Bonchev–Trinajstić information content (AvgIpc) is 2.41. The normalized spacial score (nSPS) is 22.1. The Bertz CT molecular complexity index is 502. The molecular formula is C15H21N3O2. The summed E-state index contributed by atoms with van der Waals surface area (Å²) in [6.07, 6.45) is 6.15. The molecule has 2 unspecified atom stereocenters. The quantitative estimate of drug-likeness (QED) is 0.889. The molecule has 0 aliphatic heterocycles. The van der Waals surface area contributed by atoms with Gasteiger partial charge in [-0.3, -0.25) is 9.59 Å². The molecule has 0 bridgehead atoms. The van der Waals surface area contributed by atoms with E-state index >= 15 is 0 Å². The number of pyridine rings is 1. The molecule has 1 aliphatic carbocycles. The molecule has 0 spiro atoms. The highest BCUT2D eigenvalue weighted by atomic mass is 16.2. The third-order valence-electron chi connectivity index (χ3n) is 3.75. The molecule has 1 aromatic rings. The zero-order chi connectivity index (χ0) is 14.5. The molecule has 1 heterocycles. The van der Waals surface area contributed by atoms with Crippen molar-refractivity contribution in [3.8, 4) is 0 Å². The van der Waals surface area contributed by atoms with E-state index in [1.54, 1.807) is 12.1 Å². The number of amides is 2. The summed E-state index contributed by atoms with van der Waals surface area (Å²) in [6, 6.07) is 3.51. The van der Waals surface area contributed by atoms with Gasteiger partial charge in [-0.2, -0.15) is 0 Å². The van der Waals surface area contributed by atoms with Gasteiger partial charge in [-0.05, 0) is 30.9 Å². The number of carbonyl (C=O) groups excluding carboxylic acids is 2. The lowest BCUT2D eigenvalue weighted by atomic mass is 9.86. The number of nitrogens with one attached hydrogen (secondary N) is 2. The lowest BCUT2D eigenvalue weighted by Crippen LogP contribution is -2.41. The minimum absolute atomic E-state index is 0.0993. The van der Waals surface area contributed by atoms with Gasteiger partial charge in [-0.1, -0.05) is 19.8 Å². The maximum Gasteiger partial charge on any atom is 0.251 e. The Hall–Kier alpha value is -1.91. The van der Waals surface area contributed by atoms with Gasteiger partial charge in [0.2, 0.25) is 5.91 Å². The summed E-state index contributed by atoms with van der Waals surface area (Å²) in [5.74, 6) is 0.625.